The molecule has 0 atom stereocenters. The number of anilines is 1. The molecule has 0 heterocycles. The average molecular weight is 430 g/mol. The third-order valence-corrected chi connectivity index (χ3v) is 6.34. The molecule has 0 saturated heterocycles. The van der Waals surface area contributed by atoms with Gasteiger partial charge in [0.05, 0.1) is 15.7 Å². The summed E-state index contributed by atoms with van der Waals surface area (Å²) in [5, 5.41) is 21.0. The number of hydrogen-bond acceptors (Lipinski definition) is 6. The van der Waals surface area contributed by atoms with Crippen molar-refractivity contribution in [2.24, 2.45) is 5.10 Å². The van der Waals surface area contributed by atoms with E-state index in [1.165, 1.54) is 16.4 Å². The minimum atomic E-state index is -3.81. The Morgan fingerprint density at radius 3 is 2.15 bits per heavy atom. The highest BCUT2D eigenvalue weighted by Crippen LogP contribution is 2.33. The highest BCUT2D eigenvalue weighted by atomic mass is 35.5. The van der Waals surface area contributed by atoms with Gasteiger partial charge in [0, 0.05) is 13.1 Å². The van der Waals surface area contributed by atoms with Crippen molar-refractivity contribution in [3.8, 4) is 12.1 Å². The van der Waals surface area contributed by atoms with Gasteiger partial charge in [-0.05, 0) is 25.0 Å². The topological polar surface area (TPSA) is 109 Å². The number of sulfonamides is 1. The van der Waals surface area contributed by atoms with Gasteiger partial charge in [0.15, 0.2) is 0 Å². The van der Waals surface area contributed by atoms with Crippen molar-refractivity contribution in [1.82, 2.24) is 4.31 Å². The summed E-state index contributed by atoms with van der Waals surface area (Å²) in [6.45, 7) is 4.80. The zero-order chi connectivity index (χ0) is 20.4. The monoisotopic (exact) mass is 429 g/mol. The summed E-state index contributed by atoms with van der Waals surface area (Å²) in [7, 11) is -3.81. The van der Waals surface area contributed by atoms with Gasteiger partial charge in [-0.15, -0.1) is 0 Å². The molecule has 0 unspecified atom stereocenters. The number of nitrogens with zero attached hydrogens (tertiary/aromatic N) is 4. The van der Waals surface area contributed by atoms with Gasteiger partial charge in [-0.1, -0.05) is 49.9 Å². The number of nitriles is 2. The zero-order valence-electron chi connectivity index (χ0n) is 15.2. The fraction of sp³-hybridized carbons (Fsp3) is 0.471. The quantitative estimate of drug-likeness (QED) is 0.437. The van der Waals surface area contributed by atoms with Gasteiger partial charge in [-0.25, -0.2) is 8.42 Å². The SMILES string of the molecule is CCCCN(CCCC)S(=O)(=O)c1cc(Cl)c(NN=C(C#N)C#N)cc1Cl. The lowest BCUT2D eigenvalue weighted by Crippen LogP contribution is -2.33. The van der Waals surface area contributed by atoms with Gasteiger partial charge < -0.3 is 0 Å². The Bertz CT molecular complexity index is 849. The van der Waals surface area contributed by atoms with Crippen LogP contribution in [-0.4, -0.2) is 31.5 Å². The summed E-state index contributed by atoms with van der Waals surface area (Å²) in [4.78, 5) is -0.0864. The maximum atomic E-state index is 13.0. The van der Waals surface area contributed by atoms with E-state index in [-0.39, 0.29) is 20.6 Å². The van der Waals surface area contributed by atoms with Gasteiger partial charge in [-0.2, -0.15) is 19.9 Å². The van der Waals surface area contributed by atoms with Crippen LogP contribution in [0.5, 0.6) is 0 Å². The Hall–Kier alpha value is -1.84. The first-order valence-electron chi connectivity index (χ1n) is 8.44. The molecule has 146 valence electrons. The van der Waals surface area contributed by atoms with Crippen molar-refractivity contribution >= 4 is 44.6 Å². The van der Waals surface area contributed by atoms with Crippen LogP contribution < -0.4 is 5.43 Å². The summed E-state index contributed by atoms with van der Waals surface area (Å²) in [5.74, 6) is 0. The van der Waals surface area contributed by atoms with Crippen LogP contribution in [-0.2, 0) is 10.0 Å². The van der Waals surface area contributed by atoms with Gasteiger partial charge in [-0.3, -0.25) is 5.43 Å². The lowest BCUT2D eigenvalue weighted by Gasteiger charge is -2.23. The first-order valence-corrected chi connectivity index (χ1v) is 10.6. The second kappa shape index (κ2) is 11.1. The minimum Gasteiger partial charge on any atom is -0.275 e. The van der Waals surface area contributed by atoms with Crippen LogP contribution >= 0.6 is 23.2 Å². The number of hydrogen-bond donors (Lipinski definition) is 1. The molecule has 0 aliphatic heterocycles. The summed E-state index contributed by atoms with van der Waals surface area (Å²) < 4.78 is 27.5. The maximum Gasteiger partial charge on any atom is 0.244 e. The van der Waals surface area contributed by atoms with Crippen molar-refractivity contribution < 1.29 is 8.42 Å². The molecule has 0 bridgehead atoms. The van der Waals surface area contributed by atoms with Crippen LogP contribution in [0.1, 0.15) is 39.5 Å². The Kier molecular flexibility index (Phi) is 9.54. The number of nitrogens with one attached hydrogen (secondary N) is 1. The zero-order valence-corrected chi connectivity index (χ0v) is 17.5. The molecule has 0 aromatic heterocycles. The average Bonchev–Trinajstić information content (AvgIpc) is 2.64. The summed E-state index contributed by atoms with van der Waals surface area (Å²) in [5.41, 5.74) is 2.24. The lowest BCUT2D eigenvalue weighted by molar-refractivity contribution is 0.395. The smallest absolute Gasteiger partial charge is 0.244 e. The molecule has 1 rings (SSSR count). The van der Waals surface area contributed by atoms with E-state index in [4.69, 9.17) is 33.7 Å². The molecular weight excluding hydrogens is 409 g/mol. The van der Waals surface area contributed by atoms with Crippen LogP contribution in [0.25, 0.3) is 0 Å². The number of rotatable bonds is 10. The normalized spacial score (nSPS) is 10.9. The van der Waals surface area contributed by atoms with Crippen LogP contribution in [0.15, 0.2) is 22.1 Å². The molecule has 0 amide bonds. The van der Waals surface area contributed by atoms with Crippen LogP contribution in [0.2, 0.25) is 10.0 Å². The van der Waals surface area contributed by atoms with Crippen LogP contribution in [0.4, 0.5) is 5.69 Å². The van der Waals surface area contributed by atoms with Crippen LogP contribution in [0, 0.1) is 22.7 Å². The fourth-order valence-corrected chi connectivity index (χ4v) is 4.48. The number of hydrazone groups is 1. The standard InChI is InChI=1S/C17H21Cl2N5O2S/c1-3-5-7-24(8-6-4-2)27(25,26)17-10-14(18)16(9-15(17)19)23-22-13(11-20)12-21/h9-10,23H,3-8H2,1-2H3. The van der Waals surface area contributed by atoms with E-state index < -0.39 is 15.7 Å². The third kappa shape index (κ3) is 6.37. The molecular formula is C17H21Cl2N5O2S. The molecule has 1 aromatic carbocycles. The Labute approximate surface area is 170 Å². The summed E-state index contributed by atoms with van der Waals surface area (Å²) >= 11 is 12.3. The number of unbranched alkanes of at least 4 members (excludes halogenated alkanes) is 2. The van der Waals surface area contributed by atoms with Gasteiger partial charge in [0.2, 0.25) is 15.7 Å². The first-order chi connectivity index (χ1) is 12.8. The third-order valence-electron chi connectivity index (χ3n) is 3.66. The van der Waals surface area contributed by atoms with Crippen molar-refractivity contribution in [3.63, 3.8) is 0 Å². The van der Waals surface area contributed by atoms with E-state index in [0.29, 0.717) is 13.1 Å². The highest BCUT2D eigenvalue weighted by Gasteiger charge is 2.27. The predicted octanol–water partition coefficient (Wildman–Crippen LogP) is 4.40. The predicted molar refractivity (Wildman–Crippen MR) is 107 cm³/mol. The maximum absolute atomic E-state index is 13.0. The molecule has 1 N–H and O–H groups in total. The molecule has 27 heavy (non-hydrogen) atoms. The van der Waals surface area contributed by atoms with E-state index in [2.05, 4.69) is 10.5 Å². The lowest BCUT2D eigenvalue weighted by atomic mass is 10.3. The van der Waals surface area contributed by atoms with E-state index in [0.717, 1.165) is 25.7 Å². The fourth-order valence-electron chi connectivity index (χ4n) is 2.16. The van der Waals surface area contributed by atoms with Crippen molar-refractivity contribution in [1.29, 1.82) is 10.5 Å². The number of benzene rings is 1. The summed E-state index contributed by atoms with van der Waals surface area (Å²) in [6.07, 6.45) is 3.22. The Morgan fingerprint density at radius 1 is 1.11 bits per heavy atom. The van der Waals surface area contributed by atoms with E-state index in [1.54, 1.807) is 12.1 Å². The second-order valence-corrected chi connectivity index (χ2v) is 8.39. The summed E-state index contributed by atoms with van der Waals surface area (Å²) in [6, 6.07) is 5.75. The van der Waals surface area contributed by atoms with E-state index in [9.17, 15) is 8.42 Å². The molecule has 0 fully saturated rings. The molecule has 0 aliphatic carbocycles. The van der Waals surface area contributed by atoms with Gasteiger partial charge in [0.1, 0.15) is 17.0 Å². The molecule has 7 nitrogen and oxygen atoms in total. The molecule has 0 spiro atoms. The van der Waals surface area contributed by atoms with Crippen molar-refractivity contribution in [2.75, 3.05) is 18.5 Å². The Balaban J connectivity index is 3.24. The van der Waals surface area contributed by atoms with Gasteiger partial charge in [0.25, 0.3) is 0 Å². The highest BCUT2D eigenvalue weighted by molar-refractivity contribution is 7.89. The minimum absolute atomic E-state index is 0.0226. The molecule has 0 saturated carbocycles. The molecule has 0 radical (unpaired) electrons. The number of halogens is 2. The van der Waals surface area contributed by atoms with Gasteiger partial charge >= 0.3 is 0 Å². The Morgan fingerprint density at radius 2 is 1.67 bits per heavy atom. The first kappa shape index (κ1) is 23.2. The van der Waals surface area contributed by atoms with E-state index >= 15 is 0 Å². The van der Waals surface area contributed by atoms with E-state index in [1.807, 2.05) is 13.8 Å². The largest absolute Gasteiger partial charge is 0.275 e. The van der Waals surface area contributed by atoms with Crippen LogP contribution in [0.3, 0.4) is 0 Å². The molecule has 1 aromatic rings. The second-order valence-electron chi connectivity index (χ2n) is 5.67. The molecule has 10 heteroatoms. The molecule has 0 aliphatic rings. The van der Waals surface area contributed by atoms with Crippen molar-refractivity contribution in [2.45, 2.75) is 44.4 Å². The van der Waals surface area contributed by atoms with Crippen molar-refractivity contribution in [3.05, 3.63) is 22.2 Å².